The number of fused-ring (bicyclic) bond motifs is 1. The average Bonchev–Trinajstić information content (AvgIpc) is 2.72. The second kappa shape index (κ2) is 7.99. The summed E-state index contributed by atoms with van der Waals surface area (Å²) in [4.78, 5) is -0.438. The topological polar surface area (TPSA) is 55.8 Å². The summed E-state index contributed by atoms with van der Waals surface area (Å²) in [6, 6.07) is 13.6. The monoisotopic (exact) mass is 377 g/mol. The van der Waals surface area contributed by atoms with Gasteiger partial charge >= 0.3 is 0 Å². The Labute approximate surface area is 152 Å². The van der Waals surface area contributed by atoms with Crippen molar-refractivity contribution in [2.75, 3.05) is 19.7 Å². The number of nitrogens with zero attached hydrogens (tertiary/aromatic N) is 1. The molecule has 0 fully saturated rings. The molecule has 26 heavy (non-hydrogen) atoms. The van der Waals surface area contributed by atoms with Crippen LogP contribution >= 0.6 is 0 Å². The van der Waals surface area contributed by atoms with Gasteiger partial charge in [0.1, 0.15) is 17.7 Å². The summed E-state index contributed by atoms with van der Waals surface area (Å²) in [7, 11) is -4.02. The largest absolute Gasteiger partial charge is 0.485 e. The molecule has 0 spiro atoms. The number of benzene rings is 2. The van der Waals surface area contributed by atoms with Gasteiger partial charge in [-0.3, -0.25) is 0 Å². The molecule has 1 heterocycles. The molecule has 3 rings (SSSR count). The lowest BCUT2D eigenvalue weighted by atomic mass is 10.2. The number of halogens is 1. The third-order valence-electron chi connectivity index (χ3n) is 3.98. The lowest BCUT2D eigenvalue weighted by Crippen LogP contribution is -2.39. The van der Waals surface area contributed by atoms with Crippen LogP contribution in [-0.2, 0) is 21.4 Å². The molecule has 0 N–H and O–H groups in total. The Morgan fingerprint density at radius 2 is 2.00 bits per heavy atom. The van der Waals surface area contributed by atoms with Crippen molar-refractivity contribution in [1.29, 1.82) is 0 Å². The van der Waals surface area contributed by atoms with Gasteiger partial charge < -0.3 is 9.47 Å². The van der Waals surface area contributed by atoms with Gasteiger partial charge in [-0.15, -0.1) is 6.58 Å². The van der Waals surface area contributed by atoms with Crippen molar-refractivity contribution >= 4 is 10.0 Å². The van der Waals surface area contributed by atoms with Crippen LogP contribution in [0.25, 0.3) is 0 Å². The summed E-state index contributed by atoms with van der Waals surface area (Å²) < 4.78 is 52.4. The smallest absolute Gasteiger partial charge is 0.250 e. The summed E-state index contributed by atoms with van der Waals surface area (Å²) in [5.41, 5.74) is 1.00. The van der Waals surface area contributed by atoms with Crippen LogP contribution in [0.5, 0.6) is 5.75 Å². The van der Waals surface area contributed by atoms with Crippen LogP contribution in [0.3, 0.4) is 0 Å². The molecule has 0 radical (unpaired) electrons. The Bertz CT molecular complexity index is 870. The Balaban J connectivity index is 1.81. The second-order valence-electron chi connectivity index (χ2n) is 5.92. The zero-order chi connectivity index (χ0) is 18.6. The zero-order valence-electron chi connectivity index (χ0n) is 14.2. The van der Waals surface area contributed by atoms with E-state index in [1.54, 1.807) is 0 Å². The highest BCUT2D eigenvalue weighted by atomic mass is 32.2. The first-order valence-electron chi connectivity index (χ1n) is 8.20. The van der Waals surface area contributed by atoms with Gasteiger partial charge in [-0.05, 0) is 17.7 Å². The number of hydrogen-bond donors (Lipinski definition) is 0. The molecule has 138 valence electrons. The Morgan fingerprint density at radius 1 is 1.23 bits per heavy atom. The molecule has 1 aliphatic heterocycles. The molecule has 0 aliphatic carbocycles. The lowest BCUT2D eigenvalue weighted by molar-refractivity contribution is 0.0347. The average molecular weight is 377 g/mol. The third kappa shape index (κ3) is 3.95. The molecule has 0 saturated carbocycles. The van der Waals surface area contributed by atoms with Crippen LogP contribution in [0.15, 0.2) is 66.1 Å². The molecule has 2 aromatic carbocycles. The van der Waals surface area contributed by atoms with Crippen molar-refractivity contribution in [3.8, 4) is 5.75 Å². The van der Waals surface area contributed by atoms with Crippen LogP contribution in [0.1, 0.15) is 5.56 Å². The zero-order valence-corrected chi connectivity index (χ0v) is 15.0. The number of sulfonamides is 1. The van der Waals surface area contributed by atoms with Crippen LogP contribution in [0, 0.1) is 5.82 Å². The number of ether oxygens (including phenoxy) is 2. The molecule has 0 saturated heterocycles. The van der Waals surface area contributed by atoms with Crippen molar-refractivity contribution in [2.24, 2.45) is 0 Å². The van der Waals surface area contributed by atoms with Crippen molar-refractivity contribution in [3.63, 3.8) is 0 Å². The van der Waals surface area contributed by atoms with E-state index in [0.717, 1.165) is 15.9 Å². The van der Waals surface area contributed by atoms with Gasteiger partial charge in [-0.25, -0.2) is 12.8 Å². The first-order chi connectivity index (χ1) is 12.5. The van der Waals surface area contributed by atoms with Gasteiger partial charge in [-0.2, -0.15) is 4.31 Å². The summed E-state index contributed by atoms with van der Waals surface area (Å²) in [6.45, 7) is 4.26. The molecule has 0 amide bonds. The minimum atomic E-state index is -4.02. The van der Waals surface area contributed by atoms with Crippen LogP contribution in [0.2, 0.25) is 0 Å². The molecular weight excluding hydrogens is 357 g/mol. The maximum atomic E-state index is 14.2. The minimum Gasteiger partial charge on any atom is -0.485 e. The van der Waals surface area contributed by atoms with Crippen LogP contribution in [0.4, 0.5) is 4.39 Å². The maximum Gasteiger partial charge on any atom is 0.250 e. The van der Waals surface area contributed by atoms with E-state index in [0.29, 0.717) is 6.61 Å². The highest BCUT2D eigenvalue weighted by molar-refractivity contribution is 7.89. The van der Waals surface area contributed by atoms with Gasteiger partial charge in [0.2, 0.25) is 10.0 Å². The SMILES string of the molecule is C=CCN1C[C@@H](COCc2ccccc2)Oc2cccc(F)c2S1(=O)=O. The van der Waals surface area contributed by atoms with E-state index in [9.17, 15) is 12.8 Å². The van der Waals surface area contributed by atoms with Gasteiger partial charge in [0.25, 0.3) is 0 Å². The fourth-order valence-corrected chi connectivity index (χ4v) is 4.40. The van der Waals surface area contributed by atoms with Crippen LogP contribution < -0.4 is 4.74 Å². The first kappa shape index (κ1) is 18.6. The normalized spacial score (nSPS) is 19.2. The molecule has 5 nitrogen and oxygen atoms in total. The number of hydrogen-bond acceptors (Lipinski definition) is 4. The van der Waals surface area contributed by atoms with Crippen molar-refractivity contribution in [3.05, 3.63) is 72.6 Å². The fraction of sp³-hybridized carbons (Fsp3) is 0.263. The standard InChI is InChI=1S/C19H20FNO4S/c1-2-11-21-12-16(14-24-13-15-7-4-3-5-8-15)25-18-10-6-9-17(20)19(18)26(21,22)23/h2-10,16H,1,11-14H2/t16-/m0/s1. The second-order valence-corrected chi connectivity index (χ2v) is 7.79. The molecule has 7 heteroatoms. The molecule has 0 bridgehead atoms. The van der Waals surface area contributed by atoms with E-state index in [2.05, 4.69) is 6.58 Å². The van der Waals surface area contributed by atoms with Gasteiger partial charge in [-0.1, -0.05) is 42.5 Å². The van der Waals surface area contributed by atoms with Gasteiger partial charge in [0.15, 0.2) is 4.90 Å². The summed E-state index contributed by atoms with van der Waals surface area (Å²) in [6.07, 6.45) is 0.905. The van der Waals surface area contributed by atoms with E-state index >= 15 is 0 Å². The van der Waals surface area contributed by atoms with Crippen molar-refractivity contribution in [2.45, 2.75) is 17.6 Å². The lowest BCUT2D eigenvalue weighted by Gasteiger charge is -2.21. The molecule has 1 aliphatic rings. The number of rotatable bonds is 6. The predicted molar refractivity (Wildman–Crippen MR) is 95.9 cm³/mol. The van der Waals surface area contributed by atoms with Crippen molar-refractivity contribution in [1.82, 2.24) is 4.31 Å². The van der Waals surface area contributed by atoms with Crippen molar-refractivity contribution < 1.29 is 22.3 Å². The first-order valence-corrected chi connectivity index (χ1v) is 9.64. The van der Waals surface area contributed by atoms with E-state index in [-0.39, 0.29) is 25.4 Å². The van der Waals surface area contributed by atoms with E-state index in [1.165, 1.54) is 18.2 Å². The van der Waals surface area contributed by atoms with E-state index in [4.69, 9.17) is 9.47 Å². The minimum absolute atomic E-state index is 0.00451. The maximum absolute atomic E-state index is 14.2. The molecular formula is C19H20FNO4S. The Hall–Kier alpha value is -2.22. The molecule has 0 aromatic heterocycles. The van der Waals surface area contributed by atoms with Gasteiger partial charge in [0.05, 0.1) is 19.8 Å². The molecule has 0 unspecified atom stereocenters. The highest BCUT2D eigenvalue weighted by Crippen LogP contribution is 2.33. The van der Waals surface area contributed by atoms with Crippen LogP contribution in [-0.4, -0.2) is 38.5 Å². The predicted octanol–water partition coefficient (Wildman–Crippen LogP) is 2.98. The van der Waals surface area contributed by atoms with E-state index in [1.807, 2.05) is 30.3 Å². The molecule has 2 aromatic rings. The Morgan fingerprint density at radius 3 is 2.73 bits per heavy atom. The fourth-order valence-electron chi connectivity index (χ4n) is 2.79. The quantitative estimate of drug-likeness (QED) is 0.727. The summed E-state index contributed by atoms with van der Waals surface area (Å²) in [5, 5.41) is 0. The Kier molecular flexibility index (Phi) is 5.70. The molecule has 1 atom stereocenters. The summed E-state index contributed by atoms with van der Waals surface area (Å²) in [5.74, 6) is -0.827. The third-order valence-corrected chi connectivity index (χ3v) is 5.87. The highest BCUT2D eigenvalue weighted by Gasteiger charge is 2.36. The summed E-state index contributed by atoms with van der Waals surface area (Å²) >= 11 is 0. The van der Waals surface area contributed by atoms with Gasteiger partial charge in [0, 0.05) is 6.54 Å². The van der Waals surface area contributed by atoms with E-state index < -0.39 is 26.8 Å².